The molecule has 0 aliphatic heterocycles. The summed E-state index contributed by atoms with van der Waals surface area (Å²) in [6.07, 6.45) is 3.37. The fourth-order valence-corrected chi connectivity index (χ4v) is 2.68. The van der Waals surface area contributed by atoms with Crippen LogP contribution in [0, 0.1) is 0 Å². The average molecular weight is 277 g/mol. The molecule has 0 fully saturated rings. The van der Waals surface area contributed by atoms with Crippen molar-refractivity contribution in [3.05, 3.63) is 29.3 Å². The van der Waals surface area contributed by atoms with Crippen molar-refractivity contribution in [3.8, 4) is 5.75 Å². The summed E-state index contributed by atoms with van der Waals surface area (Å²) in [4.78, 5) is 11.6. The summed E-state index contributed by atoms with van der Waals surface area (Å²) in [5.74, 6) is 1.09. The van der Waals surface area contributed by atoms with E-state index in [1.807, 2.05) is 13.0 Å². The number of esters is 1. The number of hydrogen-bond donors (Lipinski definition) is 1. The highest BCUT2D eigenvalue weighted by Gasteiger charge is 2.25. The summed E-state index contributed by atoms with van der Waals surface area (Å²) in [5, 5.41) is 0. The number of ether oxygens (including phenoxy) is 2. The number of aryl methyl sites for hydroxylation is 1. The zero-order valence-electron chi connectivity index (χ0n) is 12.1. The van der Waals surface area contributed by atoms with E-state index < -0.39 is 0 Å². The Morgan fingerprint density at radius 3 is 3.05 bits per heavy atom. The normalized spacial score (nSPS) is 16.8. The third-order valence-electron chi connectivity index (χ3n) is 3.65. The molecule has 0 saturated heterocycles. The van der Waals surface area contributed by atoms with E-state index in [0.717, 1.165) is 25.0 Å². The standard InChI is InChI=1S/C16H23NO3/c1-2-19-16(18)11-13-5-4-12-10-14(6-7-15(12)13)20-9-3-8-17/h6-7,10,13H,2-5,8-9,11,17H2,1H3/t13-/m0/s1. The van der Waals surface area contributed by atoms with Gasteiger partial charge in [-0.15, -0.1) is 0 Å². The molecule has 4 nitrogen and oxygen atoms in total. The van der Waals surface area contributed by atoms with Gasteiger partial charge < -0.3 is 15.2 Å². The zero-order valence-corrected chi connectivity index (χ0v) is 12.1. The highest BCUT2D eigenvalue weighted by Crippen LogP contribution is 2.37. The first kappa shape index (κ1) is 14.9. The van der Waals surface area contributed by atoms with Gasteiger partial charge in [-0.3, -0.25) is 4.79 Å². The fourth-order valence-electron chi connectivity index (χ4n) is 2.68. The minimum Gasteiger partial charge on any atom is -0.494 e. The van der Waals surface area contributed by atoms with Gasteiger partial charge in [-0.1, -0.05) is 6.07 Å². The highest BCUT2D eigenvalue weighted by atomic mass is 16.5. The van der Waals surface area contributed by atoms with Crippen LogP contribution in [0.1, 0.15) is 43.2 Å². The van der Waals surface area contributed by atoms with Crippen LogP contribution in [0.25, 0.3) is 0 Å². The van der Waals surface area contributed by atoms with Crippen molar-refractivity contribution >= 4 is 5.97 Å². The molecule has 0 radical (unpaired) electrons. The first-order chi connectivity index (χ1) is 9.74. The van der Waals surface area contributed by atoms with E-state index in [1.165, 1.54) is 11.1 Å². The van der Waals surface area contributed by atoms with Crippen LogP contribution in [0.3, 0.4) is 0 Å². The van der Waals surface area contributed by atoms with E-state index in [0.29, 0.717) is 32.1 Å². The van der Waals surface area contributed by atoms with Crippen LogP contribution in [-0.4, -0.2) is 25.7 Å². The van der Waals surface area contributed by atoms with Crippen molar-refractivity contribution in [2.75, 3.05) is 19.8 Å². The molecule has 1 aliphatic carbocycles. The molecule has 0 saturated carbocycles. The molecular formula is C16H23NO3. The van der Waals surface area contributed by atoms with Crippen molar-refractivity contribution < 1.29 is 14.3 Å². The lowest BCUT2D eigenvalue weighted by Crippen LogP contribution is -2.08. The van der Waals surface area contributed by atoms with Crippen molar-refractivity contribution in [3.63, 3.8) is 0 Å². The predicted molar refractivity (Wildman–Crippen MR) is 77.9 cm³/mol. The molecule has 0 aromatic heterocycles. The molecule has 2 rings (SSSR count). The van der Waals surface area contributed by atoms with Gasteiger partial charge in [0, 0.05) is 0 Å². The van der Waals surface area contributed by atoms with Gasteiger partial charge in [-0.05, 0) is 61.9 Å². The van der Waals surface area contributed by atoms with E-state index in [4.69, 9.17) is 15.2 Å². The number of benzene rings is 1. The topological polar surface area (TPSA) is 61.5 Å². The predicted octanol–water partition coefficient (Wildman–Crippen LogP) is 2.40. The maximum atomic E-state index is 11.6. The average Bonchev–Trinajstić information content (AvgIpc) is 2.82. The molecule has 110 valence electrons. The van der Waals surface area contributed by atoms with Gasteiger partial charge in [0.1, 0.15) is 5.75 Å². The number of fused-ring (bicyclic) bond motifs is 1. The molecule has 1 aromatic carbocycles. The monoisotopic (exact) mass is 277 g/mol. The van der Waals surface area contributed by atoms with E-state index in [2.05, 4.69) is 12.1 Å². The molecule has 2 N–H and O–H groups in total. The number of carbonyl (C=O) groups excluding carboxylic acids is 1. The maximum Gasteiger partial charge on any atom is 0.306 e. The Morgan fingerprint density at radius 2 is 2.30 bits per heavy atom. The lowest BCUT2D eigenvalue weighted by molar-refractivity contribution is -0.143. The first-order valence-electron chi connectivity index (χ1n) is 7.36. The van der Waals surface area contributed by atoms with Crippen LogP contribution in [0.2, 0.25) is 0 Å². The summed E-state index contributed by atoms with van der Waals surface area (Å²) in [5.41, 5.74) is 8.01. The third kappa shape index (κ3) is 3.73. The number of hydrogen-bond acceptors (Lipinski definition) is 4. The van der Waals surface area contributed by atoms with E-state index in [9.17, 15) is 4.79 Å². The van der Waals surface area contributed by atoms with Crippen molar-refractivity contribution in [2.24, 2.45) is 5.73 Å². The van der Waals surface area contributed by atoms with Gasteiger partial charge in [0.15, 0.2) is 0 Å². The summed E-state index contributed by atoms with van der Waals surface area (Å²) >= 11 is 0. The highest BCUT2D eigenvalue weighted by molar-refractivity contribution is 5.71. The van der Waals surface area contributed by atoms with Gasteiger partial charge in [-0.2, -0.15) is 0 Å². The van der Waals surface area contributed by atoms with Crippen LogP contribution >= 0.6 is 0 Å². The van der Waals surface area contributed by atoms with Crippen molar-refractivity contribution in [2.45, 2.75) is 38.5 Å². The van der Waals surface area contributed by atoms with Crippen LogP contribution in [0.4, 0.5) is 0 Å². The SMILES string of the molecule is CCOC(=O)C[C@@H]1CCc2cc(OCCCN)ccc21. The van der Waals surface area contributed by atoms with Gasteiger partial charge in [0.05, 0.1) is 19.6 Å². The lowest BCUT2D eigenvalue weighted by Gasteiger charge is -2.12. The quantitative estimate of drug-likeness (QED) is 0.614. The Kier molecular flexibility index (Phi) is 5.41. The summed E-state index contributed by atoms with van der Waals surface area (Å²) in [6.45, 7) is 3.59. The molecule has 0 amide bonds. The van der Waals surface area contributed by atoms with Crippen LogP contribution in [-0.2, 0) is 16.0 Å². The van der Waals surface area contributed by atoms with Crippen molar-refractivity contribution in [1.29, 1.82) is 0 Å². The second kappa shape index (κ2) is 7.29. The smallest absolute Gasteiger partial charge is 0.306 e. The molecule has 1 aliphatic rings. The van der Waals surface area contributed by atoms with Crippen LogP contribution < -0.4 is 10.5 Å². The van der Waals surface area contributed by atoms with Gasteiger partial charge in [-0.25, -0.2) is 0 Å². The van der Waals surface area contributed by atoms with E-state index >= 15 is 0 Å². The summed E-state index contributed by atoms with van der Waals surface area (Å²) < 4.78 is 10.7. The Hall–Kier alpha value is -1.55. The van der Waals surface area contributed by atoms with E-state index in [-0.39, 0.29) is 5.97 Å². The minimum absolute atomic E-state index is 0.103. The second-order valence-corrected chi connectivity index (χ2v) is 5.10. The summed E-state index contributed by atoms with van der Waals surface area (Å²) in [7, 11) is 0. The largest absolute Gasteiger partial charge is 0.494 e. The minimum atomic E-state index is -0.103. The third-order valence-corrected chi connectivity index (χ3v) is 3.65. The molecule has 1 atom stereocenters. The molecule has 20 heavy (non-hydrogen) atoms. The second-order valence-electron chi connectivity index (χ2n) is 5.10. The molecule has 0 bridgehead atoms. The Labute approximate surface area is 120 Å². The van der Waals surface area contributed by atoms with Gasteiger partial charge in [0.2, 0.25) is 0 Å². The summed E-state index contributed by atoms with van der Waals surface area (Å²) in [6, 6.07) is 6.17. The molecular weight excluding hydrogens is 254 g/mol. The molecule has 0 spiro atoms. The van der Waals surface area contributed by atoms with Crippen LogP contribution in [0.5, 0.6) is 5.75 Å². The number of nitrogens with two attached hydrogens (primary N) is 1. The fraction of sp³-hybridized carbons (Fsp3) is 0.562. The Bertz CT molecular complexity index is 459. The zero-order chi connectivity index (χ0) is 14.4. The first-order valence-corrected chi connectivity index (χ1v) is 7.36. The number of carbonyl (C=O) groups is 1. The molecule has 0 heterocycles. The van der Waals surface area contributed by atoms with Gasteiger partial charge >= 0.3 is 5.97 Å². The molecule has 4 heteroatoms. The van der Waals surface area contributed by atoms with Crippen molar-refractivity contribution in [1.82, 2.24) is 0 Å². The Morgan fingerprint density at radius 1 is 1.45 bits per heavy atom. The van der Waals surface area contributed by atoms with Crippen LogP contribution in [0.15, 0.2) is 18.2 Å². The van der Waals surface area contributed by atoms with Gasteiger partial charge in [0.25, 0.3) is 0 Å². The maximum absolute atomic E-state index is 11.6. The molecule has 1 aromatic rings. The Balaban J connectivity index is 1.97. The number of rotatable bonds is 7. The van der Waals surface area contributed by atoms with E-state index in [1.54, 1.807) is 0 Å². The molecule has 0 unspecified atom stereocenters. The lowest BCUT2D eigenvalue weighted by atomic mass is 9.98.